The lowest BCUT2D eigenvalue weighted by Crippen LogP contribution is -2.72. The molecule has 5 rings (SSSR count). The van der Waals surface area contributed by atoms with Crippen molar-refractivity contribution in [3.63, 3.8) is 0 Å². The van der Waals surface area contributed by atoms with Gasteiger partial charge >= 0.3 is 0 Å². The Kier molecular flexibility index (Phi) is 7.37. The predicted octanol–water partition coefficient (Wildman–Crippen LogP) is 3.42. The van der Waals surface area contributed by atoms with Crippen molar-refractivity contribution in [1.82, 2.24) is 20.0 Å². The zero-order chi connectivity index (χ0) is 23.0. The second-order valence-corrected chi connectivity index (χ2v) is 11.6. The van der Waals surface area contributed by atoms with Crippen LogP contribution in [-0.4, -0.2) is 97.1 Å². The summed E-state index contributed by atoms with van der Waals surface area (Å²) in [5, 5.41) is 3.34. The van der Waals surface area contributed by atoms with E-state index in [0.717, 1.165) is 32.2 Å². The first-order valence-electron chi connectivity index (χ1n) is 12.1. The average Bonchev–Trinajstić information content (AvgIpc) is 2.46. The molecule has 0 unspecified atom stereocenters. The molecule has 178 valence electrons. The summed E-state index contributed by atoms with van der Waals surface area (Å²) in [4.78, 5) is 10.5. The molecule has 5 aliphatic rings. The molecule has 0 amide bonds. The number of rotatable bonds is 3. The Morgan fingerprint density at radius 1 is 0.774 bits per heavy atom. The van der Waals surface area contributed by atoms with Gasteiger partial charge in [0.1, 0.15) is 0 Å². The molecule has 2 spiro atoms. The third-order valence-electron chi connectivity index (χ3n) is 7.69. The third-order valence-corrected chi connectivity index (χ3v) is 7.69. The fourth-order valence-electron chi connectivity index (χ4n) is 5.32. The predicted molar refractivity (Wildman–Crippen MR) is 122 cm³/mol. The Morgan fingerprint density at radius 2 is 1.19 bits per heavy atom. The lowest BCUT2D eigenvalue weighted by atomic mass is 9.61. The Hall–Kier alpha value is -0.810. The highest BCUT2D eigenvalue weighted by Gasteiger charge is 2.61. The van der Waals surface area contributed by atoms with Gasteiger partial charge in [0.05, 0.1) is 13.1 Å². The van der Waals surface area contributed by atoms with Gasteiger partial charge in [0.25, 0.3) is 0 Å². The molecule has 0 radical (unpaired) electrons. The van der Waals surface area contributed by atoms with Crippen LogP contribution < -0.4 is 5.32 Å². The molecule has 0 aromatic heterocycles. The van der Waals surface area contributed by atoms with Crippen LogP contribution in [0.25, 0.3) is 4.85 Å². The van der Waals surface area contributed by atoms with E-state index >= 15 is 0 Å². The summed E-state index contributed by atoms with van der Waals surface area (Å²) in [5.41, 5.74) is 0.720. The van der Waals surface area contributed by atoms with Gasteiger partial charge in [0.15, 0.2) is 0 Å². The molecule has 4 aliphatic heterocycles. The van der Waals surface area contributed by atoms with Gasteiger partial charge in [-0.3, -0.25) is 14.7 Å². The largest absolute Gasteiger partial charge is 0.315 e. The Balaban J connectivity index is 0.000000133. The van der Waals surface area contributed by atoms with Crippen molar-refractivity contribution in [2.75, 3.05) is 52.4 Å². The summed E-state index contributed by atoms with van der Waals surface area (Å²) in [7, 11) is 0. The van der Waals surface area contributed by atoms with Crippen molar-refractivity contribution in [3.05, 3.63) is 11.4 Å². The minimum Gasteiger partial charge on any atom is -0.315 e. The molecule has 31 heavy (non-hydrogen) atoms. The maximum absolute atomic E-state index is 12.6. The van der Waals surface area contributed by atoms with Crippen LogP contribution >= 0.6 is 0 Å². The number of hydrogen-bond acceptors (Lipinski definition) is 4. The van der Waals surface area contributed by atoms with Gasteiger partial charge in [-0.2, -0.15) is 0 Å². The van der Waals surface area contributed by atoms with Gasteiger partial charge in [-0.05, 0) is 41.5 Å². The molecule has 4 heterocycles. The van der Waals surface area contributed by atoms with Crippen LogP contribution in [0.15, 0.2) is 0 Å². The van der Waals surface area contributed by atoms with Gasteiger partial charge in [0.2, 0.25) is 12.0 Å². The molecule has 0 aromatic rings. The summed E-state index contributed by atoms with van der Waals surface area (Å²) < 4.78 is 25.1. The van der Waals surface area contributed by atoms with Crippen LogP contribution in [0.2, 0.25) is 0 Å². The topological polar surface area (TPSA) is 26.1 Å². The van der Waals surface area contributed by atoms with Crippen molar-refractivity contribution < 1.29 is 8.78 Å². The van der Waals surface area contributed by atoms with Gasteiger partial charge < -0.3 is 10.2 Å². The second kappa shape index (κ2) is 9.21. The Labute approximate surface area is 188 Å². The van der Waals surface area contributed by atoms with E-state index in [1.807, 2.05) is 0 Å². The highest BCUT2D eigenvalue weighted by atomic mass is 19.3. The third kappa shape index (κ3) is 5.76. The molecule has 0 atom stereocenters. The number of nitrogens with one attached hydrogen (secondary N) is 1. The van der Waals surface area contributed by atoms with Crippen molar-refractivity contribution in [2.45, 2.75) is 84.5 Å². The maximum atomic E-state index is 12.6. The van der Waals surface area contributed by atoms with E-state index in [-0.39, 0.29) is 18.3 Å². The Bertz CT molecular complexity index is 623. The highest BCUT2D eigenvalue weighted by Crippen LogP contribution is 2.56. The van der Waals surface area contributed by atoms with Crippen molar-refractivity contribution in [1.29, 1.82) is 0 Å². The number of halogens is 2. The van der Waals surface area contributed by atoms with Crippen molar-refractivity contribution >= 4 is 0 Å². The lowest BCUT2D eigenvalue weighted by molar-refractivity contribution is -0.218. The first-order valence-corrected chi connectivity index (χ1v) is 12.1. The fraction of sp³-hybridized carbons (Fsp3) is 0.958. The summed E-state index contributed by atoms with van der Waals surface area (Å²) in [6.45, 7) is 28.7. The molecule has 5 fully saturated rings. The normalized spacial score (nSPS) is 28.3. The lowest BCUT2D eigenvalue weighted by Gasteiger charge is -2.60. The number of likely N-dealkylation sites (tertiary alicyclic amines) is 3. The van der Waals surface area contributed by atoms with Crippen LogP contribution in [-0.2, 0) is 0 Å². The zero-order valence-corrected chi connectivity index (χ0v) is 20.4. The minimum atomic E-state index is -2.34. The average molecular weight is 440 g/mol. The van der Waals surface area contributed by atoms with Gasteiger partial charge in [-0.15, -0.1) is 0 Å². The van der Waals surface area contributed by atoms with E-state index in [2.05, 4.69) is 66.4 Å². The standard InChI is InChI=1S/C9H15F2N.C8H16N2.C7H12N2/c1-7(2)12-5-8(6-12)3-9(10,11)4-8;1-7(2)10-5-8(6-10)3-9-4-8;1-6(2)9-4-7(5-9)8-3/h7H,3-6H2,1-2H3;7,9H,3-6H2,1-2H3;6-7H,4-5H2,1-2H3. The van der Waals surface area contributed by atoms with Gasteiger partial charge in [-0.1, -0.05) is 0 Å². The Morgan fingerprint density at radius 3 is 1.48 bits per heavy atom. The number of nitrogens with zero attached hydrogens (tertiary/aromatic N) is 4. The van der Waals surface area contributed by atoms with E-state index in [9.17, 15) is 8.78 Å². The van der Waals surface area contributed by atoms with Crippen LogP contribution in [0, 0.1) is 17.4 Å². The van der Waals surface area contributed by atoms with Crippen molar-refractivity contribution in [3.8, 4) is 0 Å². The second-order valence-electron chi connectivity index (χ2n) is 11.6. The van der Waals surface area contributed by atoms with E-state index in [1.54, 1.807) is 0 Å². The van der Waals surface area contributed by atoms with Crippen LogP contribution in [0.1, 0.15) is 54.4 Å². The van der Waals surface area contributed by atoms with Crippen LogP contribution in [0.3, 0.4) is 0 Å². The molecule has 0 aromatic carbocycles. The molecule has 0 bridgehead atoms. The van der Waals surface area contributed by atoms with E-state index in [0.29, 0.717) is 23.5 Å². The van der Waals surface area contributed by atoms with Crippen LogP contribution in [0.4, 0.5) is 8.78 Å². The molecular formula is C24H43F2N5. The summed E-state index contributed by atoms with van der Waals surface area (Å²) >= 11 is 0. The molecule has 5 nitrogen and oxygen atoms in total. The summed E-state index contributed by atoms with van der Waals surface area (Å²) in [5.74, 6) is -2.34. The molecule has 7 heteroatoms. The first-order chi connectivity index (χ1) is 14.4. The number of hydrogen-bond donors (Lipinski definition) is 1. The van der Waals surface area contributed by atoms with Crippen molar-refractivity contribution in [2.24, 2.45) is 10.8 Å². The van der Waals surface area contributed by atoms with E-state index < -0.39 is 5.92 Å². The maximum Gasteiger partial charge on any atom is 0.249 e. The fourth-order valence-corrected chi connectivity index (χ4v) is 5.32. The highest BCUT2D eigenvalue weighted by molar-refractivity contribution is 5.08. The zero-order valence-electron chi connectivity index (χ0n) is 20.4. The molecule has 1 N–H and O–H groups in total. The summed E-state index contributed by atoms with van der Waals surface area (Å²) in [6, 6.07) is 2.20. The molecule has 4 saturated heterocycles. The SMILES string of the molecule is CC(C)N1CC2(C1)CC(F)(F)C2.CC(C)N1CC2(CNC2)C1.[C-]#[N+]C1CN(C(C)C)C1. The number of alkyl halides is 2. The monoisotopic (exact) mass is 439 g/mol. The smallest absolute Gasteiger partial charge is 0.249 e. The summed E-state index contributed by atoms with van der Waals surface area (Å²) in [6.07, 6.45) is 0.256. The quantitative estimate of drug-likeness (QED) is 0.682. The minimum absolute atomic E-state index is 0.00771. The van der Waals surface area contributed by atoms with Gasteiger partial charge in [0, 0.05) is 81.1 Å². The molecule has 1 aliphatic carbocycles. The van der Waals surface area contributed by atoms with E-state index in [4.69, 9.17) is 6.57 Å². The molecular weight excluding hydrogens is 396 g/mol. The van der Waals surface area contributed by atoms with E-state index in [1.165, 1.54) is 26.2 Å². The van der Waals surface area contributed by atoms with Crippen LogP contribution in [0.5, 0.6) is 0 Å². The first kappa shape index (κ1) is 24.8. The molecule has 1 saturated carbocycles. The van der Waals surface area contributed by atoms with Gasteiger partial charge in [-0.25, -0.2) is 15.4 Å².